The van der Waals surface area contributed by atoms with Gasteiger partial charge in [0.1, 0.15) is 11.6 Å². The molecule has 1 aromatic heterocycles. The Morgan fingerprint density at radius 3 is 2.38 bits per heavy atom. The van der Waals surface area contributed by atoms with Crippen LogP contribution in [0.15, 0.2) is 35.4 Å². The Bertz CT molecular complexity index is 934. The van der Waals surface area contributed by atoms with E-state index in [0.29, 0.717) is 0 Å². The molecule has 2 aromatic rings. The standard InChI is InChI=1S/C16H20N4O5S/c1-10-5-7-12(8-6-10)26(24,25)20(4)15-13(9-17-19(15)3)14(21)18-11(2)16(22)23/h5-9,11H,1-4H3,(H,18,21)(H,22,23). The summed E-state index contributed by atoms with van der Waals surface area (Å²) in [6.45, 7) is 3.15. The van der Waals surface area contributed by atoms with E-state index >= 15 is 0 Å². The molecule has 0 aliphatic heterocycles. The highest BCUT2D eigenvalue weighted by Crippen LogP contribution is 2.25. The number of sulfonamides is 1. The van der Waals surface area contributed by atoms with E-state index in [-0.39, 0.29) is 16.3 Å². The Hall–Kier alpha value is -2.88. The molecule has 0 bridgehead atoms. The Morgan fingerprint density at radius 2 is 1.85 bits per heavy atom. The summed E-state index contributed by atoms with van der Waals surface area (Å²) in [6, 6.07) is 5.17. The van der Waals surface area contributed by atoms with E-state index in [2.05, 4.69) is 10.4 Å². The van der Waals surface area contributed by atoms with Crippen molar-refractivity contribution in [2.75, 3.05) is 11.4 Å². The molecule has 1 heterocycles. The van der Waals surface area contributed by atoms with Gasteiger partial charge in [-0.2, -0.15) is 5.10 Å². The van der Waals surface area contributed by atoms with Gasteiger partial charge in [0.25, 0.3) is 15.9 Å². The van der Waals surface area contributed by atoms with E-state index < -0.39 is 27.9 Å². The number of aliphatic carboxylic acids is 1. The van der Waals surface area contributed by atoms with Crippen LogP contribution in [0.3, 0.4) is 0 Å². The highest BCUT2D eigenvalue weighted by molar-refractivity contribution is 7.92. The zero-order valence-corrected chi connectivity index (χ0v) is 15.6. The smallest absolute Gasteiger partial charge is 0.325 e. The van der Waals surface area contributed by atoms with Gasteiger partial charge in [0.2, 0.25) is 0 Å². The second-order valence-electron chi connectivity index (χ2n) is 5.82. The van der Waals surface area contributed by atoms with Crippen molar-refractivity contribution < 1.29 is 23.1 Å². The summed E-state index contributed by atoms with van der Waals surface area (Å²) in [5.74, 6) is -1.90. The first kappa shape index (κ1) is 19.4. The van der Waals surface area contributed by atoms with Crippen molar-refractivity contribution in [1.29, 1.82) is 0 Å². The Morgan fingerprint density at radius 1 is 1.27 bits per heavy atom. The van der Waals surface area contributed by atoms with Gasteiger partial charge in [-0.15, -0.1) is 0 Å². The molecule has 1 amide bonds. The van der Waals surface area contributed by atoms with Gasteiger partial charge in [-0.1, -0.05) is 17.7 Å². The molecule has 140 valence electrons. The number of carbonyl (C=O) groups excluding carboxylic acids is 1. The molecule has 2 N–H and O–H groups in total. The van der Waals surface area contributed by atoms with E-state index in [1.165, 1.54) is 44.0 Å². The number of carboxylic acids is 1. The molecule has 0 aliphatic rings. The minimum atomic E-state index is -3.93. The lowest BCUT2D eigenvalue weighted by atomic mass is 10.2. The molecule has 0 spiro atoms. The minimum Gasteiger partial charge on any atom is -0.480 e. The number of aryl methyl sites for hydroxylation is 2. The van der Waals surface area contributed by atoms with Gasteiger partial charge >= 0.3 is 5.97 Å². The summed E-state index contributed by atoms with van der Waals surface area (Å²) < 4.78 is 27.9. The number of hydrogen-bond acceptors (Lipinski definition) is 5. The number of anilines is 1. The predicted molar refractivity (Wildman–Crippen MR) is 94.5 cm³/mol. The first-order chi connectivity index (χ1) is 12.1. The van der Waals surface area contributed by atoms with E-state index in [9.17, 15) is 18.0 Å². The predicted octanol–water partition coefficient (Wildman–Crippen LogP) is 0.757. The van der Waals surface area contributed by atoms with Crippen molar-refractivity contribution in [3.8, 4) is 0 Å². The first-order valence-corrected chi connectivity index (χ1v) is 9.11. The fraction of sp³-hybridized carbons (Fsp3) is 0.312. The molecule has 1 unspecified atom stereocenters. The maximum atomic E-state index is 12.9. The van der Waals surface area contributed by atoms with Crippen LogP contribution >= 0.6 is 0 Å². The Labute approximate surface area is 151 Å². The number of carbonyl (C=O) groups is 2. The third-order valence-corrected chi connectivity index (χ3v) is 5.61. The molecule has 1 aromatic carbocycles. The van der Waals surface area contributed by atoms with Crippen LogP contribution in [0.4, 0.5) is 5.82 Å². The van der Waals surface area contributed by atoms with Crippen molar-refractivity contribution in [2.45, 2.75) is 24.8 Å². The molecular weight excluding hydrogens is 360 g/mol. The zero-order chi connectivity index (χ0) is 19.6. The van der Waals surface area contributed by atoms with E-state index in [0.717, 1.165) is 9.87 Å². The number of nitrogens with zero attached hydrogens (tertiary/aromatic N) is 3. The molecule has 9 nitrogen and oxygen atoms in total. The normalized spacial score (nSPS) is 12.5. The molecule has 0 saturated carbocycles. The Balaban J connectivity index is 2.42. The van der Waals surface area contributed by atoms with Crippen LogP contribution in [0.1, 0.15) is 22.8 Å². The van der Waals surface area contributed by atoms with Gasteiger partial charge in [0.05, 0.1) is 11.1 Å². The SMILES string of the molecule is Cc1ccc(S(=O)(=O)N(C)c2c(C(=O)NC(C)C(=O)O)cnn2C)cc1. The van der Waals surface area contributed by atoms with Crippen molar-refractivity contribution in [2.24, 2.45) is 7.05 Å². The monoisotopic (exact) mass is 380 g/mol. The summed E-state index contributed by atoms with van der Waals surface area (Å²) in [5.41, 5.74) is 0.869. The number of rotatable bonds is 6. The molecule has 10 heteroatoms. The van der Waals surface area contributed by atoms with Gasteiger partial charge in [0.15, 0.2) is 5.82 Å². The quantitative estimate of drug-likeness (QED) is 0.763. The van der Waals surface area contributed by atoms with Gasteiger partial charge in [-0.25, -0.2) is 8.42 Å². The lowest BCUT2D eigenvalue weighted by Crippen LogP contribution is -2.39. The lowest BCUT2D eigenvalue weighted by molar-refractivity contribution is -0.138. The maximum Gasteiger partial charge on any atom is 0.325 e. The van der Waals surface area contributed by atoms with Gasteiger partial charge < -0.3 is 10.4 Å². The summed E-state index contributed by atoms with van der Waals surface area (Å²) in [4.78, 5) is 23.3. The van der Waals surface area contributed by atoms with Crippen molar-refractivity contribution in [3.05, 3.63) is 41.6 Å². The van der Waals surface area contributed by atoms with E-state index in [1.807, 2.05) is 6.92 Å². The molecule has 26 heavy (non-hydrogen) atoms. The van der Waals surface area contributed by atoms with Crippen molar-refractivity contribution in [1.82, 2.24) is 15.1 Å². The van der Waals surface area contributed by atoms with Gasteiger partial charge in [-0.3, -0.25) is 18.6 Å². The zero-order valence-electron chi connectivity index (χ0n) is 14.8. The van der Waals surface area contributed by atoms with E-state index in [4.69, 9.17) is 5.11 Å². The van der Waals surface area contributed by atoms with Crippen LogP contribution in [0, 0.1) is 6.92 Å². The molecule has 0 fully saturated rings. The summed E-state index contributed by atoms with van der Waals surface area (Å²) in [5, 5.41) is 15.1. The third-order valence-electron chi connectivity index (χ3n) is 3.85. The number of amides is 1. The number of aromatic nitrogens is 2. The fourth-order valence-corrected chi connectivity index (χ4v) is 3.52. The van der Waals surface area contributed by atoms with E-state index in [1.54, 1.807) is 12.1 Å². The minimum absolute atomic E-state index is 0.0284. The van der Waals surface area contributed by atoms with Crippen LogP contribution in [-0.4, -0.2) is 48.3 Å². The highest BCUT2D eigenvalue weighted by Gasteiger charge is 2.29. The van der Waals surface area contributed by atoms with Crippen LogP contribution in [0.25, 0.3) is 0 Å². The number of benzene rings is 1. The Kier molecular flexibility index (Phi) is 5.36. The molecule has 0 radical (unpaired) electrons. The number of hydrogen-bond donors (Lipinski definition) is 2. The fourth-order valence-electron chi connectivity index (χ4n) is 2.28. The first-order valence-electron chi connectivity index (χ1n) is 7.67. The second kappa shape index (κ2) is 7.16. The van der Waals surface area contributed by atoms with Gasteiger partial charge in [0, 0.05) is 14.1 Å². The van der Waals surface area contributed by atoms with Crippen LogP contribution in [0.5, 0.6) is 0 Å². The van der Waals surface area contributed by atoms with Crippen LogP contribution < -0.4 is 9.62 Å². The van der Waals surface area contributed by atoms with Crippen molar-refractivity contribution >= 4 is 27.7 Å². The number of nitrogens with one attached hydrogen (secondary N) is 1. The molecule has 2 rings (SSSR count). The third kappa shape index (κ3) is 3.69. The summed E-state index contributed by atoms with van der Waals surface area (Å²) >= 11 is 0. The highest BCUT2D eigenvalue weighted by atomic mass is 32.2. The topological polar surface area (TPSA) is 122 Å². The molecule has 0 saturated heterocycles. The van der Waals surface area contributed by atoms with Crippen molar-refractivity contribution in [3.63, 3.8) is 0 Å². The summed E-state index contributed by atoms with van der Waals surface area (Å²) in [6.07, 6.45) is 1.19. The average Bonchev–Trinajstić information content (AvgIpc) is 2.95. The van der Waals surface area contributed by atoms with Crippen LogP contribution in [-0.2, 0) is 21.9 Å². The lowest BCUT2D eigenvalue weighted by Gasteiger charge is -2.21. The molecule has 0 aliphatic carbocycles. The average molecular weight is 380 g/mol. The van der Waals surface area contributed by atoms with Crippen LogP contribution in [0.2, 0.25) is 0 Å². The maximum absolute atomic E-state index is 12.9. The molecule has 1 atom stereocenters. The largest absolute Gasteiger partial charge is 0.480 e. The molecular formula is C16H20N4O5S. The number of carboxylic acid groups (broad SMARTS) is 1. The van der Waals surface area contributed by atoms with Gasteiger partial charge in [-0.05, 0) is 26.0 Å². The summed E-state index contributed by atoms with van der Waals surface area (Å²) in [7, 11) is -1.12. The second-order valence-corrected chi connectivity index (χ2v) is 7.79.